The second kappa shape index (κ2) is 13.8. The molecule has 1 aliphatic rings. The Balaban J connectivity index is 0.00000420. The number of ether oxygens (including phenoxy) is 2. The van der Waals surface area contributed by atoms with Crippen molar-refractivity contribution in [3.05, 3.63) is 35.9 Å². The molecule has 0 aromatic heterocycles. The van der Waals surface area contributed by atoms with Gasteiger partial charge in [-0.2, -0.15) is 0 Å². The summed E-state index contributed by atoms with van der Waals surface area (Å²) in [6.45, 7) is 2.16. The quantitative estimate of drug-likeness (QED) is 0.586. The number of amidine groups is 1. The average molecular weight is 426 g/mol. The Morgan fingerprint density at radius 1 is 1.24 bits per heavy atom. The molecule has 1 aromatic rings. The molecule has 29 heavy (non-hydrogen) atoms. The summed E-state index contributed by atoms with van der Waals surface area (Å²) in [5.74, 6) is 0.273. The van der Waals surface area contributed by atoms with Gasteiger partial charge in [-0.25, -0.2) is 9.59 Å². The lowest BCUT2D eigenvalue weighted by Crippen LogP contribution is -2.42. The first-order chi connectivity index (χ1) is 13.6. The number of rotatable bonds is 9. The van der Waals surface area contributed by atoms with Crippen molar-refractivity contribution in [1.29, 1.82) is 0 Å². The summed E-state index contributed by atoms with van der Waals surface area (Å²) in [5, 5.41) is 2.63. The Morgan fingerprint density at radius 2 is 2.00 bits per heavy atom. The van der Waals surface area contributed by atoms with Crippen molar-refractivity contribution in [3.8, 4) is 0 Å². The molecule has 0 bridgehead atoms. The van der Waals surface area contributed by atoms with E-state index < -0.39 is 18.1 Å². The zero-order valence-corrected chi connectivity index (χ0v) is 17.8. The van der Waals surface area contributed by atoms with Gasteiger partial charge in [0.1, 0.15) is 12.6 Å². The Hall–Kier alpha value is -2.28. The fraction of sp³-hybridized carbons (Fsp3) is 0.571. The van der Waals surface area contributed by atoms with Crippen LogP contribution in [-0.4, -0.2) is 36.6 Å². The smallest absolute Gasteiger partial charge is 0.408 e. The van der Waals surface area contributed by atoms with Crippen LogP contribution in [0.15, 0.2) is 35.3 Å². The van der Waals surface area contributed by atoms with Gasteiger partial charge in [0, 0.05) is 6.42 Å². The minimum atomic E-state index is -0.727. The maximum atomic E-state index is 12.2. The molecule has 0 aliphatic carbocycles. The van der Waals surface area contributed by atoms with Gasteiger partial charge in [-0.15, -0.1) is 12.4 Å². The Bertz CT molecular complexity index is 655. The zero-order chi connectivity index (χ0) is 20.2. The Labute approximate surface area is 178 Å². The number of esters is 1. The van der Waals surface area contributed by atoms with Crippen molar-refractivity contribution >= 4 is 30.3 Å². The van der Waals surface area contributed by atoms with Crippen LogP contribution in [0.2, 0.25) is 0 Å². The Morgan fingerprint density at radius 3 is 2.72 bits per heavy atom. The predicted octanol–water partition coefficient (Wildman–Crippen LogP) is 3.74. The second-order valence-corrected chi connectivity index (χ2v) is 6.96. The highest BCUT2D eigenvalue weighted by atomic mass is 35.5. The van der Waals surface area contributed by atoms with E-state index in [1.165, 1.54) is 0 Å². The molecule has 0 fully saturated rings. The number of alkyl carbamates (subject to hydrolysis) is 1. The van der Waals surface area contributed by atoms with Crippen LogP contribution in [0, 0.1) is 0 Å². The lowest BCUT2D eigenvalue weighted by molar-refractivity contribution is -0.145. The number of carbonyl (C=O) groups excluding carboxylic acids is 2. The van der Waals surface area contributed by atoms with Gasteiger partial charge in [-0.1, -0.05) is 36.8 Å². The fourth-order valence-electron chi connectivity index (χ4n) is 3.22. The van der Waals surface area contributed by atoms with E-state index in [1.54, 1.807) is 6.92 Å². The summed E-state index contributed by atoms with van der Waals surface area (Å²) in [6, 6.07) is 8.85. The van der Waals surface area contributed by atoms with Gasteiger partial charge < -0.3 is 20.5 Å². The molecule has 1 aromatic carbocycles. The molecule has 3 N–H and O–H groups in total. The molecule has 1 heterocycles. The third kappa shape index (κ3) is 9.65. The molecule has 2 unspecified atom stereocenters. The van der Waals surface area contributed by atoms with E-state index in [2.05, 4.69) is 10.3 Å². The number of carbonyl (C=O) groups is 2. The van der Waals surface area contributed by atoms with Gasteiger partial charge in [0.2, 0.25) is 0 Å². The first-order valence-electron chi connectivity index (χ1n) is 10.0. The van der Waals surface area contributed by atoms with Crippen molar-refractivity contribution in [2.45, 2.75) is 70.6 Å². The van der Waals surface area contributed by atoms with Crippen molar-refractivity contribution in [1.82, 2.24) is 5.32 Å². The van der Waals surface area contributed by atoms with Crippen LogP contribution >= 0.6 is 12.4 Å². The molecule has 8 heteroatoms. The summed E-state index contributed by atoms with van der Waals surface area (Å²) >= 11 is 0. The van der Waals surface area contributed by atoms with E-state index in [1.807, 2.05) is 30.3 Å². The van der Waals surface area contributed by atoms with Gasteiger partial charge >= 0.3 is 12.1 Å². The summed E-state index contributed by atoms with van der Waals surface area (Å²) in [7, 11) is 0. The first kappa shape index (κ1) is 24.8. The van der Waals surface area contributed by atoms with Crippen LogP contribution in [0.3, 0.4) is 0 Å². The number of halogens is 1. The predicted molar refractivity (Wildman–Crippen MR) is 115 cm³/mol. The van der Waals surface area contributed by atoms with Crippen LogP contribution < -0.4 is 11.1 Å². The molecular formula is C21H32ClN3O4. The van der Waals surface area contributed by atoms with E-state index in [0.717, 1.165) is 44.1 Å². The van der Waals surface area contributed by atoms with Crippen LogP contribution in [0.4, 0.5) is 4.79 Å². The second-order valence-electron chi connectivity index (χ2n) is 6.96. The normalized spacial score (nSPS) is 17.1. The van der Waals surface area contributed by atoms with Gasteiger partial charge in [-0.05, 0) is 44.6 Å². The van der Waals surface area contributed by atoms with Crippen LogP contribution in [-0.2, 0) is 20.9 Å². The molecule has 1 aliphatic heterocycles. The number of hydrogen-bond donors (Lipinski definition) is 2. The van der Waals surface area contributed by atoms with E-state index >= 15 is 0 Å². The molecular weight excluding hydrogens is 394 g/mol. The molecule has 162 valence electrons. The molecule has 7 nitrogen and oxygen atoms in total. The van der Waals surface area contributed by atoms with Gasteiger partial charge in [-0.3, -0.25) is 4.99 Å². The van der Waals surface area contributed by atoms with E-state index in [9.17, 15) is 9.59 Å². The monoisotopic (exact) mass is 425 g/mol. The maximum Gasteiger partial charge on any atom is 0.408 e. The van der Waals surface area contributed by atoms with E-state index in [4.69, 9.17) is 15.2 Å². The Kier molecular flexibility index (Phi) is 11.8. The van der Waals surface area contributed by atoms with Gasteiger partial charge in [0.25, 0.3) is 0 Å². The van der Waals surface area contributed by atoms with Gasteiger partial charge in [0.15, 0.2) is 0 Å². The minimum absolute atomic E-state index is 0. The van der Waals surface area contributed by atoms with Crippen molar-refractivity contribution in [2.75, 3.05) is 6.61 Å². The summed E-state index contributed by atoms with van der Waals surface area (Å²) in [6.07, 6.45) is 5.48. The number of nitrogens with one attached hydrogen (secondary N) is 1. The van der Waals surface area contributed by atoms with E-state index in [-0.39, 0.29) is 31.7 Å². The number of nitrogens with two attached hydrogens (primary N) is 1. The number of hydrogen-bond acceptors (Lipinski definition) is 6. The molecule has 0 saturated carbocycles. The third-order valence-electron chi connectivity index (χ3n) is 4.67. The molecule has 2 rings (SSSR count). The SMILES string of the molecule is CCOC(=O)C(CCCC1CCCCC(N)=N1)NC(=O)OCc1ccccc1.Cl. The first-order valence-corrected chi connectivity index (χ1v) is 10.0. The minimum Gasteiger partial charge on any atom is -0.464 e. The lowest BCUT2D eigenvalue weighted by atomic mass is 10.0. The molecule has 0 radical (unpaired) electrons. The van der Waals surface area contributed by atoms with Crippen LogP contribution in [0.1, 0.15) is 57.4 Å². The highest BCUT2D eigenvalue weighted by molar-refractivity contribution is 5.85. The standard InChI is InChI=1S/C21H31N3O4.ClH/c1-2-27-20(25)18(13-8-12-17-11-6-7-14-19(22)23-17)24-21(26)28-15-16-9-4-3-5-10-16;/h3-5,9-10,17-18H,2,6-8,11-15H2,1H3,(H2,22,23)(H,24,26);1H. The largest absolute Gasteiger partial charge is 0.464 e. The van der Waals surface area contributed by atoms with Crippen LogP contribution in [0.25, 0.3) is 0 Å². The van der Waals surface area contributed by atoms with Gasteiger partial charge in [0.05, 0.1) is 18.5 Å². The summed E-state index contributed by atoms with van der Waals surface area (Å²) < 4.78 is 10.3. The molecule has 2 atom stereocenters. The zero-order valence-electron chi connectivity index (χ0n) is 17.0. The topological polar surface area (TPSA) is 103 Å². The number of nitrogens with zero attached hydrogens (tertiary/aromatic N) is 1. The van der Waals surface area contributed by atoms with Crippen molar-refractivity contribution in [3.63, 3.8) is 0 Å². The van der Waals surface area contributed by atoms with Crippen LogP contribution in [0.5, 0.6) is 0 Å². The summed E-state index contributed by atoms with van der Waals surface area (Å²) in [5.41, 5.74) is 6.78. The molecule has 0 saturated heterocycles. The number of benzene rings is 1. The third-order valence-corrected chi connectivity index (χ3v) is 4.67. The molecule has 1 amide bonds. The highest BCUT2D eigenvalue weighted by Gasteiger charge is 2.23. The maximum absolute atomic E-state index is 12.2. The molecule has 0 spiro atoms. The van der Waals surface area contributed by atoms with Crippen molar-refractivity contribution < 1.29 is 19.1 Å². The highest BCUT2D eigenvalue weighted by Crippen LogP contribution is 2.18. The summed E-state index contributed by atoms with van der Waals surface area (Å²) in [4.78, 5) is 28.9. The lowest BCUT2D eigenvalue weighted by Gasteiger charge is -2.18. The van der Waals surface area contributed by atoms with Crippen molar-refractivity contribution in [2.24, 2.45) is 10.7 Å². The number of aliphatic imine (C=N–C) groups is 1. The average Bonchev–Trinajstić information content (AvgIpc) is 2.90. The number of amides is 1. The van der Waals surface area contributed by atoms with E-state index in [0.29, 0.717) is 12.3 Å². The fourth-order valence-corrected chi connectivity index (χ4v) is 3.22.